The van der Waals surface area contributed by atoms with Gasteiger partial charge in [0.25, 0.3) is 0 Å². The third-order valence-electron chi connectivity index (χ3n) is 3.79. The fourth-order valence-corrected chi connectivity index (χ4v) is 2.90. The van der Waals surface area contributed by atoms with Crippen LogP contribution in [-0.4, -0.2) is 9.55 Å². The predicted molar refractivity (Wildman–Crippen MR) is 71.0 cm³/mol. The first kappa shape index (κ1) is 11.1. The van der Waals surface area contributed by atoms with Crippen molar-refractivity contribution in [1.82, 2.24) is 9.55 Å². The average Bonchev–Trinajstić information content (AvgIpc) is 2.74. The van der Waals surface area contributed by atoms with Gasteiger partial charge in [-0.1, -0.05) is 19.3 Å². The molecule has 0 spiro atoms. The molecule has 1 heterocycles. The Balaban J connectivity index is 2.14. The summed E-state index contributed by atoms with van der Waals surface area (Å²) in [7, 11) is 0. The second kappa shape index (κ2) is 4.34. The van der Waals surface area contributed by atoms with Gasteiger partial charge in [0.05, 0.1) is 22.7 Å². The predicted octanol–water partition coefficient (Wildman–Crippen LogP) is 3.00. The molecular weight excluding hydrogens is 224 g/mol. The lowest BCUT2D eigenvalue weighted by Crippen LogP contribution is -2.14. The minimum Gasteiger partial charge on any atom is -0.369 e. The molecule has 92 valence electrons. The number of nitriles is 1. The summed E-state index contributed by atoms with van der Waals surface area (Å²) in [5.41, 5.74) is 8.60. The number of nitrogen functional groups attached to an aromatic ring is 1. The summed E-state index contributed by atoms with van der Waals surface area (Å²) in [6.45, 7) is 0. The Morgan fingerprint density at radius 3 is 2.78 bits per heavy atom. The Bertz CT molecular complexity index is 614. The molecule has 4 heteroatoms. The average molecular weight is 240 g/mol. The Morgan fingerprint density at radius 1 is 1.28 bits per heavy atom. The largest absolute Gasteiger partial charge is 0.369 e. The van der Waals surface area contributed by atoms with Gasteiger partial charge in [-0.2, -0.15) is 5.26 Å². The number of benzene rings is 1. The number of hydrogen-bond donors (Lipinski definition) is 1. The summed E-state index contributed by atoms with van der Waals surface area (Å²) in [4.78, 5) is 4.40. The van der Waals surface area contributed by atoms with Crippen LogP contribution in [0.3, 0.4) is 0 Å². The summed E-state index contributed by atoms with van der Waals surface area (Å²) in [6, 6.07) is 8.19. The van der Waals surface area contributed by atoms with Crippen molar-refractivity contribution < 1.29 is 0 Å². The van der Waals surface area contributed by atoms with Gasteiger partial charge in [0.2, 0.25) is 5.95 Å². The molecule has 3 rings (SSSR count). The Morgan fingerprint density at radius 2 is 2.06 bits per heavy atom. The standard InChI is InChI=1S/C14H16N4/c15-9-10-6-7-12-13(8-10)18(14(16)17-12)11-4-2-1-3-5-11/h6-8,11H,1-5H2,(H2,16,17). The molecule has 0 radical (unpaired) electrons. The van der Waals surface area contributed by atoms with Crippen LogP contribution in [0, 0.1) is 11.3 Å². The highest BCUT2D eigenvalue weighted by atomic mass is 15.2. The van der Waals surface area contributed by atoms with Crippen molar-refractivity contribution in [3.05, 3.63) is 23.8 Å². The van der Waals surface area contributed by atoms with E-state index >= 15 is 0 Å². The summed E-state index contributed by atoms with van der Waals surface area (Å²) < 4.78 is 2.12. The molecule has 1 saturated carbocycles. The molecule has 1 fully saturated rings. The zero-order valence-electron chi connectivity index (χ0n) is 10.3. The van der Waals surface area contributed by atoms with Crippen LogP contribution < -0.4 is 5.73 Å². The molecule has 1 aromatic heterocycles. The van der Waals surface area contributed by atoms with E-state index in [1.54, 1.807) is 6.07 Å². The van der Waals surface area contributed by atoms with Crippen LogP contribution in [0.15, 0.2) is 18.2 Å². The molecule has 0 amide bonds. The highest BCUT2D eigenvalue weighted by Gasteiger charge is 2.20. The zero-order chi connectivity index (χ0) is 12.5. The fourth-order valence-electron chi connectivity index (χ4n) is 2.90. The topological polar surface area (TPSA) is 67.6 Å². The highest BCUT2D eigenvalue weighted by Crippen LogP contribution is 2.33. The Labute approximate surface area is 106 Å². The quantitative estimate of drug-likeness (QED) is 0.833. The number of nitrogens with zero attached hydrogens (tertiary/aromatic N) is 3. The molecule has 0 unspecified atom stereocenters. The van der Waals surface area contributed by atoms with Crippen LogP contribution in [0.4, 0.5) is 5.95 Å². The van der Waals surface area contributed by atoms with Crippen molar-refractivity contribution in [1.29, 1.82) is 5.26 Å². The Hall–Kier alpha value is -2.02. The molecule has 0 atom stereocenters. The van der Waals surface area contributed by atoms with E-state index in [0.717, 1.165) is 23.9 Å². The van der Waals surface area contributed by atoms with E-state index in [9.17, 15) is 0 Å². The number of hydrogen-bond acceptors (Lipinski definition) is 3. The molecule has 18 heavy (non-hydrogen) atoms. The van der Waals surface area contributed by atoms with Gasteiger partial charge in [-0.3, -0.25) is 0 Å². The third-order valence-corrected chi connectivity index (χ3v) is 3.79. The molecule has 0 bridgehead atoms. The van der Waals surface area contributed by atoms with Crippen LogP contribution in [0.5, 0.6) is 0 Å². The lowest BCUT2D eigenvalue weighted by atomic mass is 9.95. The van der Waals surface area contributed by atoms with Crippen LogP contribution in [0.1, 0.15) is 43.7 Å². The molecular formula is C14H16N4. The summed E-state index contributed by atoms with van der Waals surface area (Å²) in [5.74, 6) is 0.576. The number of rotatable bonds is 1. The first-order valence-corrected chi connectivity index (χ1v) is 6.47. The summed E-state index contributed by atoms with van der Waals surface area (Å²) in [6.07, 6.45) is 6.13. The van der Waals surface area contributed by atoms with Crippen LogP contribution in [0.25, 0.3) is 11.0 Å². The number of aromatic nitrogens is 2. The van der Waals surface area contributed by atoms with E-state index in [4.69, 9.17) is 11.0 Å². The van der Waals surface area contributed by atoms with Gasteiger partial charge >= 0.3 is 0 Å². The molecule has 0 saturated heterocycles. The Kier molecular flexibility index (Phi) is 2.67. The van der Waals surface area contributed by atoms with E-state index < -0.39 is 0 Å². The van der Waals surface area contributed by atoms with Crippen molar-refractivity contribution in [2.45, 2.75) is 38.1 Å². The van der Waals surface area contributed by atoms with Crippen molar-refractivity contribution in [2.75, 3.05) is 5.73 Å². The second-order valence-electron chi connectivity index (χ2n) is 4.95. The molecule has 2 N–H and O–H groups in total. The van der Waals surface area contributed by atoms with E-state index in [0.29, 0.717) is 17.6 Å². The van der Waals surface area contributed by atoms with Crippen LogP contribution >= 0.6 is 0 Å². The molecule has 0 aliphatic heterocycles. The third kappa shape index (κ3) is 1.72. The van der Waals surface area contributed by atoms with Crippen LogP contribution in [0.2, 0.25) is 0 Å². The monoisotopic (exact) mass is 240 g/mol. The van der Waals surface area contributed by atoms with Crippen LogP contribution in [-0.2, 0) is 0 Å². The van der Waals surface area contributed by atoms with Gasteiger partial charge in [0, 0.05) is 6.04 Å². The molecule has 2 aromatic rings. The molecule has 1 aliphatic carbocycles. The second-order valence-corrected chi connectivity index (χ2v) is 4.95. The lowest BCUT2D eigenvalue weighted by molar-refractivity contribution is 0.363. The van der Waals surface area contributed by atoms with Gasteiger partial charge in [0.15, 0.2) is 0 Å². The van der Waals surface area contributed by atoms with Gasteiger partial charge in [-0.25, -0.2) is 4.98 Å². The maximum Gasteiger partial charge on any atom is 0.201 e. The minimum absolute atomic E-state index is 0.442. The van der Waals surface area contributed by atoms with Gasteiger partial charge in [-0.05, 0) is 31.0 Å². The van der Waals surface area contributed by atoms with Crippen molar-refractivity contribution >= 4 is 17.0 Å². The number of fused-ring (bicyclic) bond motifs is 1. The lowest BCUT2D eigenvalue weighted by Gasteiger charge is -2.24. The van der Waals surface area contributed by atoms with Gasteiger partial charge < -0.3 is 10.3 Å². The summed E-state index contributed by atoms with van der Waals surface area (Å²) >= 11 is 0. The number of imidazole rings is 1. The van der Waals surface area contributed by atoms with E-state index in [-0.39, 0.29) is 0 Å². The maximum absolute atomic E-state index is 8.99. The zero-order valence-corrected chi connectivity index (χ0v) is 10.3. The molecule has 4 nitrogen and oxygen atoms in total. The van der Waals surface area contributed by atoms with Crippen molar-refractivity contribution in [3.8, 4) is 6.07 Å². The van der Waals surface area contributed by atoms with Gasteiger partial charge in [-0.15, -0.1) is 0 Å². The summed E-state index contributed by atoms with van der Waals surface area (Å²) in [5, 5.41) is 8.99. The fraction of sp³-hybridized carbons (Fsp3) is 0.429. The normalized spacial score (nSPS) is 16.8. The smallest absolute Gasteiger partial charge is 0.201 e. The van der Waals surface area contributed by atoms with Crippen molar-refractivity contribution in [3.63, 3.8) is 0 Å². The van der Waals surface area contributed by atoms with E-state index in [1.165, 1.54) is 19.3 Å². The first-order chi connectivity index (χ1) is 8.79. The van der Waals surface area contributed by atoms with E-state index in [2.05, 4.69) is 15.6 Å². The van der Waals surface area contributed by atoms with Crippen molar-refractivity contribution in [2.24, 2.45) is 0 Å². The van der Waals surface area contributed by atoms with E-state index in [1.807, 2.05) is 12.1 Å². The number of nitrogens with two attached hydrogens (primary N) is 1. The molecule has 1 aromatic carbocycles. The maximum atomic E-state index is 8.99. The number of anilines is 1. The highest BCUT2D eigenvalue weighted by molar-refractivity contribution is 5.80. The minimum atomic E-state index is 0.442. The first-order valence-electron chi connectivity index (χ1n) is 6.47. The molecule has 1 aliphatic rings. The van der Waals surface area contributed by atoms with Gasteiger partial charge in [0.1, 0.15) is 0 Å². The SMILES string of the molecule is N#Cc1ccc2nc(N)n(C3CCCCC3)c2c1.